The standard InChI is InChI=1S/C17H21N3/c18-13-17(16-7-4-9-19-11-16)8-10-20(14-17)12-15-5-2-1-3-6-15/h1-7,9,11H,8,10,12-14,18H2. The van der Waals surface area contributed by atoms with Crippen molar-refractivity contribution in [3.63, 3.8) is 0 Å². The maximum absolute atomic E-state index is 6.10. The third kappa shape index (κ3) is 2.60. The predicted octanol–water partition coefficient (Wildman–Crippen LogP) is 2.18. The zero-order chi connectivity index (χ0) is 13.8. The second-order valence-electron chi connectivity index (χ2n) is 5.67. The number of aromatic nitrogens is 1. The van der Waals surface area contributed by atoms with E-state index in [1.807, 2.05) is 18.5 Å². The predicted molar refractivity (Wildman–Crippen MR) is 81.3 cm³/mol. The largest absolute Gasteiger partial charge is 0.330 e. The van der Waals surface area contributed by atoms with Gasteiger partial charge in [-0.25, -0.2) is 0 Å². The Hall–Kier alpha value is -1.71. The highest BCUT2D eigenvalue weighted by atomic mass is 15.2. The van der Waals surface area contributed by atoms with Crippen LogP contribution in [0.3, 0.4) is 0 Å². The fourth-order valence-electron chi connectivity index (χ4n) is 3.13. The van der Waals surface area contributed by atoms with Crippen molar-refractivity contribution in [2.45, 2.75) is 18.4 Å². The van der Waals surface area contributed by atoms with Crippen LogP contribution in [0.15, 0.2) is 54.9 Å². The molecule has 0 spiro atoms. The summed E-state index contributed by atoms with van der Waals surface area (Å²) in [7, 11) is 0. The van der Waals surface area contributed by atoms with Gasteiger partial charge in [-0.3, -0.25) is 9.88 Å². The molecule has 3 nitrogen and oxygen atoms in total. The van der Waals surface area contributed by atoms with Gasteiger partial charge in [-0.15, -0.1) is 0 Å². The lowest BCUT2D eigenvalue weighted by Gasteiger charge is -2.28. The van der Waals surface area contributed by atoms with Crippen LogP contribution in [0.2, 0.25) is 0 Å². The van der Waals surface area contributed by atoms with Crippen LogP contribution in [0, 0.1) is 0 Å². The molecule has 1 fully saturated rings. The highest BCUT2D eigenvalue weighted by Gasteiger charge is 2.38. The molecule has 1 aliphatic rings. The zero-order valence-electron chi connectivity index (χ0n) is 11.7. The minimum absolute atomic E-state index is 0.0725. The molecule has 0 saturated carbocycles. The molecule has 2 N–H and O–H groups in total. The Labute approximate surface area is 120 Å². The molecule has 2 heterocycles. The second-order valence-corrected chi connectivity index (χ2v) is 5.67. The lowest BCUT2D eigenvalue weighted by Crippen LogP contribution is -2.38. The first kappa shape index (κ1) is 13.3. The third-order valence-corrected chi connectivity index (χ3v) is 4.35. The van der Waals surface area contributed by atoms with Gasteiger partial charge in [-0.2, -0.15) is 0 Å². The molecule has 1 aromatic heterocycles. The van der Waals surface area contributed by atoms with E-state index in [2.05, 4.69) is 46.3 Å². The molecule has 1 saturated heterocycles. The van der Waals surface area contributed by atoms with E-state index >= 15 is 0 Å². The molecule has 0 aliphatic carbocycles. The quantitative estimate of drug-likeness (QED) is 0.923. The lowest BCUT2D eigenvalue weighted by molar-refractivity contribution is 0.304. The SMILES string of the molecule is NCC1(c2cccnc2)CCN(Cc2ccccc2)C1. The number of rotatable bonds is 4. The summed E-state index contributed by atoms with van der Waals surface area (Å²) in [5.74, 6) is 0. The number of nitrogens with zero attached hydrogens (tertiary/aromatic N) is 2. The van der Waals surface area contributed by atoms with Crippen molar-refractivity contribution in [2.75, 3.05) is 19.6 Å². The number of hydrogen-bond acceptors (Lipinski definition) is 3. The second kappa shape index (κ2) is 5.73. The van der Waals surface area contributed by atoms with Crippen LogP contribution in [0.4, 0.5) is 0 Å². The van der Waals surface area contributed by atoms with Crippen LogP contribution >= 0.6 is 0 Å². The van der Waals surface area contributed by atoms with Crippen LogP contribution < -0.4 is 5.73 Å². The summed E-state index contributed by atoms with van der Waals surface area (Å²) >= 11 is 0. The van der Waals surface area contributed by atoms with E-state index in [-0.39, 0.29) is 5.41 Å². The van der Waals surface area contributed by atoms with E-state index in [1.54, 1.807) is 0 Å². The molecule has 2 aromatic rings. The number of pyridine rings is 1. The fraction of sp³-hybridized carbons (Fsp3) is 0.353. The van der Waals surface area contributed by atoms with Crippen molar-refractivity contribution in [3.05, 3.63) is 66.0 Å². The Morgan fingerprint density at radius 3 is 2.70 bits per heavy atom. The van der Waals surface area contributed by atoms with Crippen LogP contribution in [0.25, 0.3) is 0 Å². The maximum Gasteiger partial charge on any atom is 0.0306 e. The van der Waals surface area contributed by atoms with Crippen molar-refractivity contribution < 1.29 is 0 Å². The summed E-state index contributed by atoms with van der Waals surface area (Å²) in [6.45, 7) is 3.80. The molecular formula is C17H21N3. The van der Waals surface area contributed by atoms with Crippen LogP contribution in [-0.4, -0.2) is 29.5 Å². The summed E-state index contributed by atoms with van der Waals surface area (Å²) < 4.78 is 0. The van der Waals surface area contributed by atoms with Gasteiger partial charge in [0.1, 0.15) is 0 Å². The molecule has 0 radical (unpaired) electrons. The average Bonchev–Trinajstić information content (AvgIpc) is 2.94. The summed E-state index contributed by atoms with van der Waals surface area (Å²) in [6.07, 6.45) is 4.91. The lowest BCUT2D eigenvalue weighted by atomic mass is 9.80. The topological polar surface area (TPSA) is 42.1 Å². The van der Waals surface area contributed by atoms with Crippen LogP contribution in [0.5, 0.6) is 0 Å². The third-order valence-electron chi connectivity index (χ3n) is 4.35. The first-order valence-electron chi connectivity index (χ1n) is 7.19. The summed E-state index contributed by atoms with van der Waals surface area (Å²) in [5, 5.41) is 0. The van der Waals surface area contributed by atoms with Gasteiger partial charge in [-0.05, 0) is 30.2 Å². The first-order chi connectivity index (χ1) is 9.82. The van der Waals surface area contributed by atoms with E-state index in [9.17, 15) is 0 Å². The van der Waals surface area contributed by atoms with Crippen LogP contribution in [0.1, 0.15) is 17.5 Å². The Kier molecular flexibility index (Phi) is 3.81. The summed E-state index contributed by atoms with van der Waals surface area (Å²) in [4.78, 5) is 6.75. The monoisotopic (exact) mass is 267 g/mol. The molecule has 1 atom stereocenters. The minimum Gasteiger partial charge on any atom is -0.330 e. The molecule has 3 rings (SSSR count). The highest BCUT2D eigenvalue weighted by Crippen LogP contribution is 2.33. The van der Waals surface area contributed by atoms with Crippen molar-refractivity contribution >= 4 is 0 Å². The van der Waals surface area contributed by atoms with Crippen molar-refractivity contribution in [1.29, 1.82) is 0 Å². The van der Waals surface area contributed by atoms with E-state index in [4.69, 9.17) is 5.73 Å². The molecule has 1 aliphatic heterocycles. The Morgan fingerprint density at radius 2 is 2.00 bits per heavy atom. The zero-order valence-corrected chi connectivity index (χ0v) is 11.7. The summed E-state index contributed by atoms with van der Waals surface area (Å²) in [6, 6.07) is 14.8. The fourth-order valence-corrected chi connectivity index (χ4v) is 3.13. The molecule has 20 heavy (non-hydrogen) atoms. The summed E-state index contributed by atoms with van der Waals surface area (Å²) in [5.41, 5.74) is 8.82. The maximum atomic E-state index is 6.10. The highest BCUT2D eigenvalue weighted by molar-refractivity contribution is 5.26. The first-order valence-corrected chi connectivity index (χ1v) is 7.19. The van der Waals surface area contributed by atoms with E-state index in [0.29, 0.717) is 6.54 Å². The van der Waals surface area contributed by atoms with Gasteiger partial charge < -0.3 is 5.73 Å². The molecule has 1 unspecified atom stereocenters. The van der Waals surface area contributed by atoms with Crippen LogP contribution in [-0.2, 0) is 12.0 Å². The Balaban J connectivity index is 1.74. The van der Waals surface area contributed by atoms with Gasteiger partial charge in [0.15, 0.2) is 0 Å². The molecule has 0 bridgehead atoms. The van der Waals surface area contributed by atoms with Crippen molar-refractivity contribution in [2.24, 2.45) is 5.73 Å². The Bertz CT molecular complexity index is 541. The van der Waals surface area contributed by atoms with Gasteiger partial charge in [0.25, 0.3) is 0 Å². The van der Waals surface area contributed by atoms with E-state index < -0.39 is 0 Å². The Morgan fingerprint density at radius 1 is 1.15 bits per heavy atom. The van der Waals surface area contributed by atoms with Gasteiger partial charge in [-0.1, -0.05) is 36.4 Å². The molecular weight excluding hydrogens is 246 g/mol. The van der Waals surface area contributed by atoms with E-state index in [0.717, 1.165) is 26.1 Å². The molecule has 104 valence electrons. The number of likely N-dealkylation sites (tertiary alicyclic amines) is 1. The van der Waals surface area contributed by atoms with Gasteiger partial charge in [0.2, 0.25) is 0 Å². The van der Waals surface area contributed by atoms with Crippen molar-refractivity contribution in [3.8, 4) is 0 Å². The average molecular weight is 267 g/mol. The number of benzene rings is 1. The van der Waals surface area contributed by atoms with Gasteiger partial charge in [0.05, 0.1) is 0 Å². The molecule has 1 aromatic carbocycles. The van der Waals surface area contributed by atoms with Gasteiger partial charge in [0, 0.05) is 37.4 Å². The minimum atomic E-state index is 0.0725. The number of hydrogen-bond donors (Lipinski definition) is 1. The number of nitrogens with two attached hydrogens (primary N) is 1. The van der Waals surface area contributed by atoms with E-state index in [1.165, 1.54) is 11.1 Å². The normalized spacial score (nSPS) is 23.1. The molecule has 3 heteroatoms. The van der Waals surface area contributed by atoms with Crippen molar-refractivity contribution in [1.82, 2.24) is 9.88 Å². The van der Waals surface area contributed by atoms with Gasteiger partial charge >= 0.3 is 0 Å². The molecule has 0 amide bonds. The smallest absolute Gasteiger partial charge is 0.0306 e.